The minimum Gasteiger partial charge on any atom is -0.459 e. The van der Waals surface area contributed by atoms with E-state index in [1.807, 2.05) is 59.4 Å². The number of pyridine rings is 1. The lowest BCUT2D eigenvalue weighted by Gasteiger charge is -2.17. The Kier molecular flexibility index (Phi) is 7.29. The zero-order valence-electron chi connectivity index (χ0n) is 22.8. The van der Waals surface area contributed by atoms with Crippen LogP contribution in [0.25, 0.3) is 39.2 Å². The molecule has 1 saturated carbocycles. The van der Waals surface area contributed by atoms with Crippen molar-refractivity contribution in [2.75, 3.05) is 6.61 Å². The number of benzene rings is 2. The summed E-state index contributed by atoms with van der Waals surface area (Å²) < 4.78 is 7.70. The van der Waals surface area contributed by atoms with Crippen LogP contribution in [-0.4, -0.2) is 64.5 Å². The van der Waals surface area contributed by atoms with Gasteiger partial charge in [0.15, 0.2) is 5.65 Å². The predicted molar refractivity (Wildman–Crippen MR) is 157 cm³/mol. The Morgan fingerprint density at radius 1 is 1.02 bits per heavy atom. The Morgan fingerprint density at radius 2 is 1.71 bits per heavy atom. The molecule has 6 rings (SSSR count). The number of aliphatic hydroxyl groups excluding tert-OH is 2. The SMILES string of the molecule is CC(C)(O)Cc1cnn(-c2ccc(-c3ccc(-c4nc5nc(OC6CCC(CO)C6O)[nH]c5cc4Cl)cc3)cc2)c1. The quantitative estimate of drug-likeness (QED) is 0.206. The van der Waals surface area contributed by atoms with Crippen LogP contribution in [0, 0.1) is 5.92 Å². The highest BCUT2D eigenvalue weighted by molar-refractivity contribution is 6.33. The highest BCUT2D eigenvalue weighted by Crippen LogP contribution is 2.33. The van der Waals surface area contributed by atoms with Crippen molar-refractivity contribution in [2.45, 2.75) is 50.9 Å². The van der Waals surface area contributed by atoms with Crippen molar-refractivity contribution >= 4 is 22.8 Å². The van der Waals surface area contributed by atoms with Crippen LogP contribution in [-0.2, 0) is 6.42 Å². The molecule has 3 unspecified atom stereocenters. The molecule has 41 heavy (non-hydrogen) atoms. The van der Waals surface area contributed by atoms with Crippen LogP contribution in [0.3, 0.4) is 0 Å². The van der Waals surface area contributed by atoms with Crippen LogP contribution < -0.4 is 4.74 Å². The van der Waals surface area contributed by atoms with E-state index < -0.39 is 17.8 Å². The fourth-order valence-corrected chi connectivity index (χ4v) is 5.63. The average molecular weight is 574 g/mol. The maximum atomic E-state index is 10.4. The van der Waals surface area contributed by atoms with E-state index in [2.05, 4.69) is 20.1 Å². The molecule has 3 aromatic heterocycles. The molecule has 5 aromatic rings. The van der Waals surface area contributed by atoms with Gasteiger partial charge in [-0.1, -0.05) is 48.0 Å². The zero-order valence-corrected chi connectivity index (χ0v) is 23.6. The van der Waals surface area contributed by atoms with E-state index >= 15 is 0 Å². The molecule has 0 aliphatic heterocycles. The molecule has 1 aliphatic rings. The van der Waals surface area contributed by atoms with Crippen molar-refractivity contribution in [1.82, 2.24) is 24.7 Å². The number of imidazole rings is 1. The third-order valence-electron chi connectivity index (χ3n) is 7.48. The van der Waals surface area contributed by atoms with Gasteiger partial charge in [-0.25, -0.2) is 9.67 Å². The maximum absolute atomic E-state index is 10.4. The standard InChI is InChI=1S/C31H32ClN5O4/c1-31(2,40)14-18-15-33-37(16-18)23-10-7-20(8-11-23)19-3-5-21(6-4-19)27-24(32)13-25-29(35-27)36-30(34-25)41-26-12-9-22(17-38)28(26)39/h3-8,10-11,13,15-16,22,26,28,38-40H,9,12,14,17H2,1-2H3,(H,34,35,36). The summed E-state index contributed by atoms with van der Waals surface area (Å²) in [6.45, 7) is 3.50. The highest BCUT2D eigenvalue weighted by Gasteiger charge is 2.36. The van der Waals surface area contributed by atoms with Crippen molar-refractivity contribution in [2.24, 2.45) is 5.92 Å². The molecule has 2 aromatic carbocycles. The second-order valence-electron chi connectivity index (χ2n) is 11.3. The first kappa shape index (κ1) is 27.4. The summed E-state index contributed by atoms with van der Waals surface area (Å²) >= 11 is 6.61. The number of aromatic nitrogens is 5. The van der Waals surface area contributed by atoms with Gasteiger partial charge in [0, 0.05) is 30.7 Å². The van der Waals surface area contributed by atoms with Gasteiger partial charge in [0.2, 0.25) is 0 Å². The fraction of sp³-hybridized carbons (Fsp3) is 0.323. The Bertz CT molecular complexity index is 1660. The van der Waals surface area contributed by atoms with E-state index in [0.717, 1.165) is 27.9 Å². The molecule has 0 amide bonds. The molecule has 0 radical (unpaired) electrons. The lowest BCUT2D eigenvalue weighted by atomic mass is 10.0. The number of rotatable bonds is 8. The van der Waals surface area contributed by atoms with E-state index in [1.54, 1.807) is 26.1 Å². The summed E-state index contributed by atoms with van der Waals surface area (Å²) in [6, 6.07) is 18.2. The monoisotopic (exact) mass is 573 g/mol. The molecule has 3 atom stereocenters. The molecule has 10 heteroatoms. The maximum Gasteiger partial charge on any atom is 0.296 e. The minimum atomic E-state index is -0.782. The van der Waals surface area contributed by atoms with Gasteiger partial charge in [0.25, 0.3) is 6.01 Å². The van der Waals surface area contributed by atoms with Gasteiger partial charge in [-0.05, 0) is 61.6 Å². The van der Waals surface area contributed by atoms with Crippen molar-refractivity contribution in [3.63, 3.8) is 0 Å². The van der Waals surface area contributed by atoms with Gasteiger partial charge >= 0.3 is 0 Å². The van der Waals surface area contributed by atoms with Crippen LogP contribution in [0.2, 0.25) is 5.02 Å². The number of aromatic amines is 1. The molecular formula is C31H32ClN5O4. The molecule has 4 N–H and O–H groups in total. The van der Waals surface area contributed by atoms with Crippen LogP contribution in [0.1, 0.15) is 32.3 Å². The first-order chi connectivity index (χ1) is 19.7. The molecule has 3 heterocycles. The number of aliphatic hydroxyl groups is 3. The molecule has 1 aliphatic carbocycles. The predicted octanol–water partition coefficient (Wildman–Crippen LogP) is 4.96. The molecule has 0 saturated heterocycles. The van der Waals surface area contributed by atoms with Crippen LogP contribution in [0.5, 0.6) is 6.01 Å². The van der Waals surface area contributed by atoms with Gasteiger partial charge in [0.1, 0.15) is 6.10 Å². The van der Waals surface area contributed by atoms with E-state index in [0.29, 0.717) is 41.1 Å². The normalized spacial score (nSPS) is 19.2. The van der Waals surface area contributed by atoms with Crippen LogP contribution >= 0.6 is 11.6 Å². The first-order valence-electron chi connectivity index (χ1n) is 13.7. The summed E-state index contributed by atoms with van der Waals surface area (Å²) in [6.07, 6.45) is 4.43. The summed E-state index contributed by atoms with van der Waals surface area (Å²) in [5, 5.41) is 34.7. The van der Waals surface area contributed by atoms with Gasteiger partial charge in [0.05, 0.1) is 39.8 Å². The summed E-state index contributed by atoms with van der Waals surface area (Å²) in [7, 11) is 0. The van der Waals surface area contributed by atoms with Crippen molar-refractivity contribution in [1.29, 1.82) is 0 Å². The van der Waals surface area contributed by atoms with Gasteiger partial charge in [-0.3, -0.25) is 0 Å². The van der Waals surface area contributed by atoms with Gasteiger partial charge in [-0.15, -0.1) is 0 Å². The van der Waals surface area contributed by atoms with Crippen molar-refractivity contribution < 1.29 is 20.1 Å². The zero-order chi connectivity index (χ0) is 28.7. The number of nitrogens with one attached hydrogen (secondary N) is 1. The largest absolute Gasteiger partial charge is 0.459 e. The lowest BCUT2D eigenvalue weighted by Crippen LogP contribution is -2.31. The molecule has 9 nitrogen and oxygen atoms in total. The molecule has 0 spiro atoms. The van der Waals surface area contributed by atoms with E-state index in [1.165, 1.54) is 0 Å². The van der Waals surface area contributed by atoms with Gasteiger partial charge < -0.3 is 25.0 Å². The number of hydrogen-bond donors (Lipinski definition) is 4. The van der Waals surface area contributed by atoms with Gasteiger partial charge in [-0.2, -0.15) is 10.1 Å². The number of fused-ring (bicyclic) bond motifs is 1. The number of nitrogens with zero attached hydrogens (tertiary/aromatic N) is 4. The fourth-order valence-electron chi connectivity index (χ4n) is 5.37. The molecule has 1 fully saturated rings. The van der Waals surface area contributed by atoms with Crippen molar-refractivity contribution in [3.8, 4) is 34.1 Å². The van der Waals surface area contributed by atoms with Crippen LogP contribution in [0.4, 0.5) is 0 Å². The highest BCUT2D eigenvalue weighted by atomic mass is 35.5. The molecule has 0 bridgehead atoms. The third-order valence-corrected chi connectivity index (χ3v) is 7.77. The minimum absolute atomic E-state index is 0.0668. The smallest absolute Gasteiger partial charge is 0.296 e. The van der Waals surface area contributed by atoms with Crippen molar-refractivity contribution in [3.05, 3.63) is 77.6 Å². The molecular weight excluding hydrogens is 542 g/mol. The Hall–Kier alpha value is -3.76. The summed E-state index contributed by atoms with van der Waals surface area (Å²) in [5.74, 6) is -0.181. The topological polar surface area (TPSA) is 129 Å². The number of hydrogen-bond acceptors (Lipinski definition) is 7. The second-order valence-corrected chi connectivity index (χ2v) is 11.7. The number of H-pyrrole nitrogens is 1. The van der Waals surface area contributed by atoms with Crippen LogP contribution in [0.15, 0.2) is 67.0 Å². The Morgan fingerprint density at radius 3 is 2.37 bits per heavy atom. The second kappa shape index (κ2) is 10.9. The van der Waals surface area contributed by atoms with E-state index in [4.69, 9.17) is 16.3 Å². The summed E-state index contributed by atoms with van der Waals surface area (Å²) in [5.41, 5.74) is 5.82. The van der Waals surface area contributed by atoms with E-state index in [-0.39, 0.29) is 18.5 Å². The first-order valence-corrected chi connectivity index (χ1v) is 14.0. The number of halogens is 1. The average Bonchev–Trinajstić information content (AvgIpc) is 3.66. The lowest BCUT2D eigenvalue weighted by molar-refractivity contribution is 0.0155. The number of ether oxygens (including phenoxy) is 1. The molecule has 212 valence electrons. The Balaban J connectivity index is 1.17. The Labute approximate surface area is 242 Å². The van der Waals surface area contributed by atoms with E-state index in [9.17, 15) is 15.3 Å². The summed E-state index contributed by atoms with van der Waals surface area (Å²) in [4.78, 5) is 12.2. The third kappa shape index (κ3) is 5.85.